The van der Waals surface area contributed by atoms with E-state index in [0.717, 1.165) is 0 Å². The van der Waals surface area contributed by atoms with E-state index in [4.69, 9.17) is 10.3 Å². The quantitative estimate of drug-likeness (QED) is 0.439. The first-order valence-electron chi connectivity index (χ1n) is 9.09. The van der Waals surface area contributed by atoms with Gasteiger partial charge < -0.3 is 0 Å². The second kappa shape index (κ2) is 8.74. The number of primary sulfonamides is 1. The molecule has 10 heteroatoms. The first-order valence-corrected chi connectivity index (χ1v) is 10.6. The summed E-state index contributed by atoms with van der Waals surface area (Å²) in [5, 5.41) is 19.6. The number of aryl methyl sites for hydroxylation is 1. The SMILES string of the molecule is CN(O)C(=O)CCCc1cc(-c2ccc(F)cc2)n(-c2ccccc2S(N)(=O)=O)n1. The van der Waals surface area contributed by atoms with Crippen molar-refractivity contribution in [1.82, 2.24) is 14.8 Å². The number of nitrogens with zero attached hydrogens (tertiary/aromatic N) is 3. The molecule has 0 saturated heterocycles. The Morgan fingerprint density at radius 2 is 1.87 bits per heavy atom. The van der Waals surface area contributed by atoms with Crippen LogP contribution in [0.25, 0.3) is 16.9 Å². The summed E-state index contributed by atoms with van der Waals surface area (Å²) in [7, 11) is -2.76. The minimum absolute atomic E-state index is 0.0971. The van der Waals surface area contributed by atoms with Crippen molar-refractivity contribution in [2.45, 2.75) is 24.2 Å². The molecule has 0 aliphatic heterocycles. The van der Waals surface area contributed by atoms with Crippen LogP contribution < -0.4 is 5.14 Å². The molecule has 0 unspecified atom stereocenters. The number of halogens is 1. The standard InChI is InChI=1S/C20H21FN4O4S/c1-24(27)20(26)8-4-5-16-13-18(14-9-11-15(21)12-10-14)25(23-16)17-6-2-3-7-19(17)30(22,28)29/h2-3,6-7,9-13,27H,4-5,8H2,1H3,(H2,22,28,29). The van der Waals surface area contributed by atoms with Gasteiger partial charge in [-0.15, -0.1) is 0 Å². The molecule has 1 amide bonds. The minimum atomic E-state index is -4.01. The van der Waals surface area contributed by atoms with E-state index in [0.29, 0.717) is 34.9 Å². The molecule has 158 valence electrons. The maximum absolute atomic E-state index is 13.4. The van der Waals surface area contributed by atoms with Gasteiger partial charge in [0.2, 0.25) is 15.9 Å². The van der Waals surface area contributed by atoms with Crippen LogP contribution in [0.5, 0.6) is 0 Å². The predicted molar refractivity (Wildman–Crippen MR) is 108 cm³/mol. The maximum Gasteiger partial charge on any atom is 0.245 e. The highest BCUT2D eigenvalue weighted by Crippen LogP contribution is 2.28. The van der Waals surface area contributed by atoms with Gasteiger partial charge in [0.25, 0.3) is 0 Å². The third-order valence-corrected chi connectivity index (χ3v) is 5.44. The summed E-state index contributed by atoms with van der Waals surface area (Å²) in [5.74, 6) is -0.825. The number of sulfonamides is 1. The Balaban J connectivity index is 2.04. The van der Waals surface area contributed by atoms with Crippen LogP contribution in [0.15, 0.2) is 59.5 Å². The first kappa shape index (κ1) is 21.6. The summed E-state index contributed by atoms with van der Waals surface area (Å²) >= 11 is 0. The number of rotatable bonds is 7. The Morgan fingerprint density at radius 1 is 1.20 bits per heavy atom. The monoisotopic (exact) mass is 432 g/mol. The molecule has 0 saturated carbocycles. The molecule has 3 aromatic rings. The molecule has 3 rings (SSSR count). The Labute approximate surface area is 173 Å². The van der Waals surface area contributed by atoms with Crippen LogP contribution in [0.1, 0.15) is 18.5 Å². The van der Waals surface area contributed by atoms with E-state index >= 15 is 0 Å². The van der Waals surface area contributed by atoms with Crippen molar-refractivity contribution < 1.29 is 22.8 Å². The molecule has 30 heavy (non-hydrogen) atoms. The summed E-state index contributed by atoms with van der Waals surface area (Å²) in [5.41, 5.74) is 2.04. The topological polar surface area (TPSA) is 119 Å². The number of hydroxylamine groups is 2. The molecule has 3 N–H and O–H groups in total. The lowest BCUT2D eigenvalue weighted by molar-refractivity contribution is -0.159. The number of amides is 1. The van der Waals surface area contributed by atoms with E-state index in [9.17, 15) is 17.6 Å². The summed E-state index contributed by atoms with van der Waals surface area (Å²) in [6.07, 6.45) is 0.970. The molecular weight excluding hydrogens is 411 g/mol. The lowest BCUT2D eigenvalue weighted by Gasteiger charge is -2.11. The van der Waals surface area contributed by atoms with Crippen LogP contribution in [0.2, 0.25) is 0 Å². The van der Waals surface area contributed by atoms with Gasteiger partial charge in [0.1, 0.15) is 10.7 Å². The average Bonchev–Trinajstić information content (AvgIpc) is 3.11. The summed E-state index contributed by atoms with van der Waals surface area (Å²) in [6, 6.07) is 13.7. The second-order valence-electron chi connectivity index (χ2n) is 6.72. The Kier molecular flexibility index (Phi) is 6.30. The third kappa shape index (κ3) is 4.90. The van der Waals surface area contributed by atoms with Crippen molar-refractivity contribution in [2.24, 2.45) is 5.14 Å². The van der Waals surface area contributed by atoms with Crippen LogP contribution in [0.3, 0.4) is 0 Å². The van der Waals surface area contributed by atoms with E-state index in [1.807, 2.05) is 0 Å². The first-order chi connectivity index (χ1) is 14.2. The Bertz CT molecular complexity index is 1160. The molecule has 0 aliphatic carbocycles. The summed E-state index contributed by atoms with van der Waals surface area (Å²) in [6.45, 7) is 0. The van der Waals surface area contributed by atoms with Crippen LogP contribution in [-0.2, 0) is 21.2 Å². The summed E-state index contributed by atoms with van der Waals surface area (Å²) < 4.78 is 38.9. The molecule has 0 fully saturated rings. The molecule has 0 aliphatic rings. The number of aromatic nitrogens is 2. The fourth-order valence-corrected chi connectivity index (χ4v) is 3.73. The van der Waals surface area contributed by atoms with Gasteiger partial charge in [0.05, 0.1) is 17.1 Å². The fraction of sp³-hybridized carbons (Fsp3) is 0.200. The predicted octanol–water partition coefficient (Wildman–Crippen LogP) is 2.50. The number of hydrogen-bond donors (Lipinski definition) is 2. The van der Waals surface area contributed by atoms with Gasteiger partial charge >= 0.3 is 0 Å². The van der Waals surface area contributed by atoms with Crippen molar-refractivity contribution in [3.8, 4) is 16.9 Å². The van der Waals surface area contributed by atoms with E-state index in [1.54, 1.807) is 36.4 Å². The number of carbonyl (C=O) groups excluding carboxylic acids is 1. The number of hydrogen-bond acceptors (Lipinski definition) is 5. The fourth-order valence-electron chi connectivity index (χ4n) is 3.02. The molecule has 8 nitrogen and oxygen atoms in total. The van der Waals surface area contributed by atoms with E-state index in [-0.39, 0.29) is 17.0 Å². The summed E-state index contributed by atoms with van der Waals surface area (Å²) in [4.78, 5) is 11.5. The van der Waals surface area contributed by atoms with Crippen molar-refractivity contribution in [2.75, 3.05) is 7.05 Å². The van der Waals surface area contributed by atoms with Crippen LogP contribution in [-0.4, -0.2) is 41.4 Å². The van der Waals surface area contributed by atoms with Gasteiger partial charge in [0.15, 0.2) is 0 Å². The molecule has 0 bridgehead atoms. The second-order valence-corrected chi connectivity index (χ2v) is 8.25. The molecule has 2 aromatic carbocycles. The van der Waals surface area contributed by atoms with Crippen LogP contribution in [0, 0.1) is 5.82 Å². The highest BCUT2D eigenvalue weighted by molar-refractivity contribution is 7.89. The molecule has 1 heterocycles. The van der Waals surface area contributed by atoms with E-state index in [2.05, 4.69) is 5.10 Å². The number of benzene rings is 2. The Hall–Kier alpha value is -3.08. The smallest absolute Gasteiger partial charge is 0.245 e. The Morgan fingerprint density at radius 3 is 2.50 bits per heavy atom. The van der Waals surface area contributed by atoms with Crippen molar-refractivity contribution in [3.05, 3.63) is 66.1 Å². The highest BCUT2D eigenvalue weighted by atomic mass is 32.2. The van der Waals surface area contributed by atoms with E-state index < -0.39 is 21.7 Å². The number of para-hydroxylation sites is 1. The van der Waals surface area contributed by atoms with Gasteiger partial charge in [-0.05, 0) is 55.3 Å². The zero-order valence-electron chi connectivity index (χ0n) is 16.2. The third-order valence-electron chi connectivity index (χ3n) is 4.48. The molecule has 1 aromatic heterocycles. The maximum atomic E-state index is 13.4. The largest absolute Gasteiger partial charge is 0.286 e. The number of carbonyl (C=O) groups is 1. The lowest BCUT2D eigenvalue weighted by Crippen LogP contribution is -2.22. The molecule has 0 spiro atoms. The molecule has 0 radical (unpaired) electrons. The van der Waals surface area contributed by atoms with Gasteiger partial charge in [-0.2, -0.15) is 5.10 Å². The van der Waals surface area contributed by atoms with Gasteiger partial charge in [-0.1, -0.05) is 12.1 Å². The van der Waals surface area contributed by atoms with Gasteiger partial charge in [0, 0.05) is 19.0 Å². The zero-order valence-corrected chi connectivity index (χ0v) is 17.0. The van der Waals surface area contributed by atoms with Crippen molar-refractivity contribution in [3.63, 3.8) is 0 Å². The van der Waals surface area contributed by atoms with Crippen molar-refractivity contribution in [1.29, 1.82) is 0 Å². The van der Waals surface area contributed by atoms with Crippen LogP contribution in [0.4, 0.5) is 4.39 Å². The highest BCUT2D eigenvalue weighted by Gasteiger charge is 2.19. The van der Waals surface area contributed by atoms with Gasteiger partial charge in [-0.25, -0.2) is 27.7 Å². The molecule has 0 atom stereocenters. The van der Waals surface area contributed by atoms with Crippen LogP contribution >= 0.6 is 0 Å². The average molecular weight is 432 g/mol. The van der Waals surface area contributed by atoms with E-state index in [1.165, 1.54) is 29.9 Å². The van der Waals surface area contributed by atoms with Gasteiger partial charge in [-0.3, -0.25) is 10.0 Å². The minimum Gasteiger partial charge on any atom is -0.286 e. The normalized spacial score (nSPS) is 11.5. The van der Waals surface area contributed by atoms with Crippen molar-refractivity contribution >= 4 is 15.9 Å². The number of nitrogens with two attached hydrogens (primary N) is 1. The zero-order chi connectivity index (χ0) is 21.9. The molecular formula is C20H21FN4O4S. The lowest BCUT2D eigenvalue weighted by atomic mass is 10.1.